The monoisotopic (exact) mass is 234 g/mol. The van der Waals surface area contributed by atoms with Gasteiger partial charge in [-0.15, -0.1) is 3.89 Å². The molecule has 0 aliphatic carbocycles. The number of hydrogen-bond acceptors (Lipinski definition) is 4. The molecule has 1 N–H and O–H groups in total. The van der Waals surface area contributed by atoms with E-state index in [1.165, 1.54) is 13.2 Å². The van der Waals surface area contributed by atoms with Crippen molar-refractivity contribution in [1.29, 1.82) is 0 Å². The highest BCUT2D eigenvalue weighted by Gasteiger charge is 2.20. The molecule has 0 bridgehead atoms. The fourth-order valence-corrected chi connectivity index (χ4v) is 1.78. The van der Waals surface area contributed by atoms with Crippen molar-refractivity contribution in [3.8, 4) is 5.75 Å². The van der Waals surface area contributed by atoms with Crippen LogP contribution in [-0.4, -0.2) is 26.4 Å². The zero-order valence-electron chi connectivity index (χ0n) is 8.05. The van der Waals surface area contributed by atoms with Gasteiger partial charge in [0.25, 0.3) is 0 Å². The molecule has 1 atom stereocenters. The lowest BCUT2D eigenvalue weighted by Crippen LogP contribution is -2.11. The molecule has 4 nitrogen and oxygen atoms in total. The number of rotatable bonds is 4. The van der Waals surface area contributed by atoms with Gasteiger partial charge in [0.2, 0.25) is 0 Å². The van der Waals surface area contributed by atoms with Crippen LogP contribution in [0.25, 0.3) is 0 Å². The minimum Gasteiger partial charge on any atom is -0.496 e. The summed E-state index contributed by atoms with van der Waals surface area (Å²) in [6.07, 6.45) is -1.42. The minimum atomic E-state index is -4.70. The number of benzene rings is 1. The van der Waals surface area contributed by atoms with Crippen molar-refractivity contribution in [1.82, 2.24) is 0 Å². The van der Waals surface area contributed by atoms with Gasteiger partial charge in [-0.1, -0.05) is 18.2 Å². The summed E-state index contributed by atoms with van der Waals surface area (Å²) >= 11 is 0. The van der Waals surface area contributed by atoms with E-state index in [1.54, 1.807) is 18.2 Å². The maximum Gasteiger partial charge on any atom is 0.305 e. The largest absolute Gasteiger partial charge is 0.496 e. The highest BCUT2D eigenvalue weighted by Crippen LogP contribution is 2.25. The number of para-hydroxylation sites is 1. The van der Waals surface area contributed by atoms with E-state index in [2.05, 4.69) is 0 Å². The summed E-state index contributed by atoms with van der Waals surface area (Å²) in [5.74, 6) is -0.637. The maximum absolute atomic E-state index is 12.3. The number of methoxy groups -OCH3 is 1. The van der Waals surface area contributed by atoms with Crippen molar-refractivity contribution in [2.45, 2.75) is 6.10 Å². The van der Waals surface area contributed by atoms with Gasteiger partial charge >= 0.3 is 10.2 Å². The molecule has 15 heavy (non-hydrogen) atoms. The van der Waals surface area contributed by atoms with Crippen molar-refractivity contribution in [3.63, 3.8) is 0 Å². The Labute approximate surface area is 87.5 Å². The summed E-state index contributed by atoms with van der Waals surface area (Å²) in [7, 11) is -3.32. The Balaban J connectivity index is 2.95. The SMILES string of the molecule is COc1ccccc1C(O)CS(=O)(=O)F. The number of aliphatic hydroxyl groups excluding tert-OH is 1. The van der Waals surface area contributed by atoms with Crippen LogP contribution in [-0.2, 0) is 10.2 Å². The highest BCUT2D eigenvalue weighted by atomic mass is 32.3. The second-order valence-corrected chi connectivity index (χ2v) is 4.37. The molecule has 0 fully saturated rings. The van der Waals surface area contributed by atoms with Crippen LogP contribution in [0, 0.1) is 0 Å². The van der Waals surface area contributed by atoms with Gasteiger partial charge in [-0.2, -0.15) is 8.42 Å². The summed E-state index contributed by atoms with van der Waals surface area (Å²) in [5, 5.41) is 9.47. The van der Waals surface area contributed by atoms with Crippen LogP contribution in [0.2, 0.25) is 0 Å². The maximum atomic E-state index is 12.3. The van der Waals surface area contributed by atoms with Gasteiger partial charge in [-0.25, -0.2) is 0 Å². The Morgan fingerprint density at radius 1 is 1.47 bits per heavy atom. The van der Waals surface area contributed by atoms with E-state index >= 15 is 0 Å². The van der Waals surface area contributed by atoms with Crippen LogP contribution in [0.5, 0.6) is 5.75 Å². The molecule has 1 unspecified atom stereocenters. The summed E-state index contributed by atoms with van der Waals surface area (Å²) in [6, 6.07) is 6.31. The van der Waals surface area contributed by atoms with Gasteiger partial charge in [0, 0.05) is 5.56 Å². The molecule has 0 saturated carbocycles. The quantitative estimate of drug-likeness (QED) is 0.790. The van der Waals surface area contributed by atoms with Crippen LogP contribution < -0.4 is 4.74 Å². The third kappa shape index (κ3) is 3.49. The molecule has 6 heteroatoms. The van der Waals surface area contributed by atoms with Crippen molar-refractivity contribution in [3.05, 3.63) is 29.8 Å². The molecule has 0 aliphatic rings. The van der Waals surface area contributed by atoms with Crippen LogP contribution in [0.1, 0.15) is 11.7 Å². The van der Waals surface area contributed by atoms with E-state index in [0.717, 1.165) is 0 Å². The summed E-state index contributed by atoms with van der Waals surface area (Å²) in [5.41, 5.74) is 0.251. The average molecular weight is 234 g/mol. The Bertz CT molecular complexity index is 429. The lowest BCUT2D eigenvalue weighted by Gasteiger charge is -2.12. The molecule has 1 aromatic carbocycles. The zero-order chi connectivity index (χ0) is 11.5. The Kier molecular flexibility index (Phi) is 3.65. The number of ether oxygens (including phenoxy) is 1. The van der Waals surface area contributed by atoms with Gasteiger partial charge in [0.1, 0.15) is 11.5 Å². The zero-order valence-corrected chi connectivity index (χ0v) is 8.87. The Morgan fingerprint density at radius 2 is 2.07 bits per heavy atom. The van der Waals surface area contributed by atoms with Gasteiger partial charge < -0.3 is 9.84 Å². The normalized spacial score (nSPS) is 13.5. The Hall–Kier alpha value is -1.14. The first-order valence-corrected chi connectivity index (χ1v) is 5.72. The second-order valence-electron chi connectivity index (χ2n) is 2.96. The Morgan fingerprint density at radius 3 is 2.60 bits per heavy atom. The third-order valence-corrected chi connectivity index (χ3v) is 2.57. The van der Waals surface area contributed by atoms with E-state index in [1.807, 2.05) is 0 Å². The predicted molar refractivity (Wildman–Crippen MR) is 52.8 cm³/mol. The third-order valence-electron chi connectivity index (χ3n) is 1.85. The molecule has 0 radical (unpaired) electrons. The highest BCUT2D eigenvalue weighted by molar-refractivity contribution is 7.86. The average Bonchev–Trinajstić information content (AvgIpc) is 2.15. The molecule has 0 heterocycles. The standard InChI is InChI=1S/C9H11FO4S/c1-14-9-5-3-2-4-7(9)8(11)6-15(10,12)13/h2-5,8,11H,6H2,1H3. The predicted octanol–water partition coefficient (Wildman–Crippen LogP) is 1.03. The lowest BCUT2D eigenvalue weighted by atomic mass is 10.1. The minimum absolute atomic E-state index is 0.251. The smallest absolute Gasteiger partial charge is 0.305 e. The summed E-state index contributed by atoms with van der Waals surface area (Å²) < 4.78 is 37.9. The first-order valence-electron chi connectivity index (χ1n) is 4.17. The number of hydrogen-bond donors (Lipinski definition) is 1. The topological polar surface area (TPSA) is 63.6 Å². The van der Waals surface area contributed by atoms with Crippen LogP contribution >= 0.6 is 0 Å². The van der Waals surface area contributed by atoms with E-state index in [-0.39, 0.29) is 5.56 Å². The van der Waals surface area contributed by atoms with E-state index < -0.39 is 22.1 Å². The fraction of sp³-hybridized carbons (Fsp3) is 0.333. The van der Waals surface area contributed by atoms with Gasteiger partial charge in [-0.05, 0) is 6.07 Å². The van der Waals surface area contributed by atoms with Crippen molar-refractivity contribution in [2.75, 3.05) is 12.9 Å². The van der Waals surface area contributed by atoms with Crippen LogP contribution in [0.4, 0.5) is 3.89 Å². The molecule has 1 rings (SSSR count). The number of aliphatic hydroxyl groups is 1. The van der Waals surface area contributed by atoms with Crippen LogP contribution in [0.15, 0.2) is 24.3 Å². The first-order chi connectivity index (χ1) is 6.94. The summed E-state index contributed by atoms with van der Waals surface area (Å²) in [4.78, 5) is 0. The molecular formula is C9H11FO4S. The molecule has 0 aromatic heterocycles. The molecule has 0 aliphatic heterocycles. The van der Waals surface area contributed by atoms with Crippen molar-refractivity contribution < 1.29 is 22.1 Å². The van der Waals surface area contributed by atoms with Crippen LogP contribution in [0.3, 0.4) is 0 Å². The molecule has 1 aromatic rings. The lowest BCUT2D eigenvalue weighted by molar-refractivity contribution is 0.195. The van der Waals surface area contributed by atoms with E-state index in [4.69, 9.17) is 4.74 Å². The summed E-state index contributed by atoms with van der Waals surface area (Å²) in [6.45, 7) is 0. The van der Waals surface area contributed by atoms with Crippen molar-refractivity contribution in [2.24, 2.45) is 0 Å². The van der Waals surface area contributed by atoms with Crippen molar-refractivity contribution >= 4 is 10.2 Å². The van der Waals surface area contributed by atoms with E-state index in [0.29, 0.717) is 5.75 Å². The molecule has 0 amide bonds. The number of halogens is 1. The van der Waals surface area contributed by atoms with Gasteiger partial charge in [0.15, 0.2) is 0 Å². The van der Waals surface area contributed by atoms with Gasteiger partial charge in [-0.3, -0.25) is 0 Å². The fourth-order valence-electron chi connectivity index (χ4n) is 1.22. The second kappa shape index (κ2) is 4.59. The molecule has 0 saturated heterocycles. The molecular weight excluding hydrogens is 223 g/mol. The van der Waals surface area contributed by atoms with Gasteiger partial charge in [0.05, 0.1) is 13.2 Å². The molecule has 0 spiro atoms. The first kappa shape index (κ1) is 11.9. The van der Waals surface area contributed by atoms with E-state index in [9.17, 15) is 17.4 Å². The molecule has 84 valence electrons.